The molecule has 0 fully saturated rings. The Balaban J connectivity index is 1.74. The van der Waals surface area contributed by atoms with Crippen LogP contribution in [-0.2, 0) is 4.79 Å². The molecule has 1 aliphatic heterocycles. The summed E-state index contributed by atoms with van der Waals surface area (Å²) in [7, 11) is 0. The fourth-order valence-corrected chi connectivity index (χ4v) is 3.64. The Morgan fingerprint density at radius 1 is 1.34 bits per heavy atom. The molecular formula is C21H24Cl2N4O2. The summed E-state index contributed by atoms with van der Waals surface area (Å²) in [4.78, 5) is 17.0. The average molecular weight is 435 g/mol. The van der Waals surface area contributed by atoms with Gasteiger partial charge in [-0.2, -0.15) is 0 Å². The molecule has 2 heterocycles. The van der Waals surface area contributed by atoms with E-state index in [1.807, 2.05) is 32.1 Å². The van der Waals surface area contributed by atoms with E-state index >= 15 is 0 Å². The van der Waals surface area contributed by atoms with Gasteiger partial charge in [-0.25, -0.2) is 4.98 Å². The zero-order chi connectivity index (χ0) is 21.0. The number of rotatable bonds is 7. The van der Waals surface area contributed by atoms with E-state index in [0.717, 1.165) is 16.9 Å². The van der Waals surface area contributed by atoms with E-state index in [2.05, 4.69) is 20.9 Å². The van der Waals surface area contributed by atoms with Crippen molar-refractivity contribution in [2.45, 2.75) is 31.8 Å². The molecule has 1 unspecified atom stereocenters. The lowest BCUT2D eigenvalue weighted by Gasteiger charge is -2.17. The first-order valence-electron chi connectivity index (χ1n) is 9.42. The number of nitrogens with one attached hydrogen (secondary N) is 3. The van der Waals surface area contributed by atoms with Gasteiger partial charge in [-0.05, 0) is 49.2 Å². The van der Waals surface area contributed by atoms with Crippen molar-refractivity contribution in [1.29, 1.82) is 0 Å². The summed E-state index contributed by atoms with van der Waals surface area (Å²) >= 11 is 12.4. The third-order valence-electron chi connectivity index (χ3n) is 4.58. The summed E-state index contributed by atoms with van der Waals surface area (Å²) in [6, 6.07) is 8.67. The summed E-state index contributed by atoms with van der Waals surface area (Å²) in [5, 5.41) is 20.0. The number of benzene rings is 1. The molecule has 0 saturated carbocycles. The molecular weight excluding hydrogens is 411 g/mol. The maximum Gasteiger partial charge on any atom is 0.267 e. The van der Waals surface area contributed by atoms with Gasteiger partial charge in [-0.1, -0.05) is 35.3 Å². The van der Waals surface area contributed by atoms with Crippen LogP contribution in [0, 0.1) is 0 Å². The maximum atomic E-state index is 12.7. The standard InChI is InChI=1S/C21H24Cl2N4O2/c1-12(2)26-20-8-16(17(23)10-25-20)14-7-18(24-9-14)21(29)27-19(11-28)13-4-3-5-15(22)6-13/h3-8,10,12,14,19,24,28H,9,11H2,1-2H3,(H,25,26)(H,27,29)/t14?,19-/m1/s1. The fourth-order valence-electron chi connectivity index (χ4n) is 3.20. The zero-order valence-corrected chi connectivity index (χ0v) is 17.8. The number of aromatic nitrogens is 1. The summed E-state index contributed by atoms with van der Waals surface area (Å²) in [6.45, 7) is 4.39. The highest BCUT2D eigenvalue weighted by Crippen LogP contribution is 2.30. The normalized spacial score (nSPS) is 16.9. The van der Waals surface area contributed by atoms with Crippen LogP contribution in [0.15, 0.2) is 48.3 Å². The van der Waals surface area contributed by atoms with E-state index < -0.39 is 6.04 Å². The summed E-state index contributed by atoms with van der Waals surface area (Å²) in [6.07, 6.45) is 3.47. The molecule has 3 rings (SSSR count). The highest BCUT2D eigenvalue weighted by molar-refractivity contribution is 6.31. The second kappa shape index (κ2) is 9.48. The van der Waals surface area contributed by atoms with Crippen molar-refractivity contribution in [1.82, 2.24) is 15.6 Å². The van der Waals surface area contributed by atoms with Crippen LogP contribution in [0.1, 0.15) is 36.9 Å². The minimum Gasteiger partial charge on any atom is -0.394 e. The van der Waals surface area contributed by atoms with Crippen molar-refractivity contribution in [2.24, 2.45) is 0 Å². The summed E-state index contributed by atoms with van der Waals surface area (Å²) in [5.74, 6) is 0.391. The summed E-state index contributed by atoms with van der Waals surface area (Å²) < 4.78 is 0. The van der Waals surface area contributed by atoms with E-state index in [4.69, 9.17) is 23.2 Å². The second-order valence-corrected chi connectivity index (χ2v) is 8.07. The van der Waals surface area contributed by atoms with Gasteiger partial charge >= 0.3 is 0 Å². The van der Waals surface area contributed by atoms with E-state index in [1.165, 1.54) is 0 Å². The molecule has 2 aromatic rings. The van der Waals surface area contributed by atoms with Gasteiger partial charge in [0.15, 0.2) is 0 Å². The molecule has 0 spiro atoms. The van der Waals surface area contributed by atoms with Crippen LogP contribution < -0.4 is 16.0 Å². The second-order valence-electron chi connectivity index (χ2n) is 7.22. The Bertz CT molecular complexity index is 917. The Kier molecular flexibility index (Phi) is 7.00. The number of aliphatic hydroxyl groups excluding tert-OH is 1. The topological polar surface area (TPSA) is 86.3 Å². The third-order valence-corrected chi connectivity index (χ3v) is 5.14. The number of hydrogen-bond donors (Lipinski definition) is 4. The van der Waals surface area contributed by atoms with Gasteiger partial charge in [0.1, 0.15) is 5.82 Å². The molecule has 1 aromatic heterocycles. The minimum atomic E-state index is -0.547. The Morgan fingerprint density at radius 3 is 2.83 bits per heavy atom. The third kappa shape index (κ3) is 5.41. The van der Waals surface area contributed by atoms with Gasteiger partial charge in [0, 0.05) is 29.7 Å². The largest absolute Gasteiger partial charge is 0.394 e. The Labute approximate surface area is 180 Å². The number of aliphatic hydroxyl groups is 1. The van der Waals surface area contributed by atoms with Gasteiger partial charge in [0.05, 0.1) is 23.4 Å². The first-order chi connectivity index (χ1) is 13.9. The van der Waals surface area contributed by atoms with Crippen LogP contribution >= 0.6 is 23.2 Å². The van der Waals surface area contributed by atoms with E-state index in [1.54, 1.807) is 24.4 Å². The van der Waals surface area contributed by atoms with Crippen molar-refractivity contribution in [2.75, 3.05) is 18.5 Å². The lowest BCUT2D eigenvalue weighted by atomic mass is 10.0. The molecule has 2 atom stereocenters. The van der Waals surface area contributed by atoms with Gasteiger partial charge in [0.2, 0.25) is 0 Å². The number of nitrogens with zero attached hydrogens (tertiary/aromatic N) is 1. The Hall–Kier alpha value is -2.28. The highest BCUT2D eigenvalue weighted by Gasteiger charge is 2.25. The first kappa shape index (κ1) is 21.4. The number of carbonyl (C=O) groups is 1. The molecule has 154 valence electrons. The molecule has 0 saturated heterocycles. The predicted molar refractivity (Wildman–Crippen MR) is 116 cm³/mol. The first-order valence-corrected chi connectivity index (χ1v) is 10.2. The number of carbonyl (C=O) groups excluding carboxylic acids is 1. The van der Waals surface area contributed by atoms with Gasteiger partial charge in [-0.15, -0.1) is 0 Å². The van der Waals surface area contributed by atoms with Crippen LogP contribution in [0.2, 0.25) is 10.0 Å². The Morgan fingerprint density at radius 2 is 2.14 bits per heavy atom. The molecule has 0 bridgehead atoms. The average Bonchev–Trinajstić information content (AvgIpc) is 3.17. The zero-order valence-electron chi connectivity index (χ0n) is 16.2. The monoisotopic (exact) mass is 434 g/mol. The molecule has 1 aliphatic rings. The van der Waals surface area contributed by atoms with Gasteiger partial charge in [-0.3, -0.25) is 4.79 Å². The van der Waals surface area contributed by atoms with E-state index in [-0.39, 0.29) is 24.5 Å². The molecule has 0 aliphatic carbocycles. The molecule has 4 N–H and O–H groups in total. The molecule has 29 heavy (non-hydrogen) atoms. The minimum absolute atomic E-state index is 0.0577. The number of anilines is 1. The number of pyridine rings is 1. The van der Waals surface area contributed by atoms with Crippen molar-refractivity contribution >= 4 is 34.9 Å². The van der Waals surface area contributed by atoms with Crippen molar-refractivity contribution in [3.05, 3.63) is 69.5 Å². The molecule has 1 amide bonds. The lowest BCUT2D eigenvalue weighted by Crippen LogP contribution is -2.34. The van der Waals surface area contributed by atoms with Gasteiger partial charge in [0.25, 0.3) is 5.91 Å². The van der Waals surface area contributed by atoms with Crippen LogP contribution in [0.25, 0.3) is 0 Å². The van der Waals surface area contributed by atoms with Gasteiger partial charge < -0.3 is 21.1 Å². The smallest absolute Gasteiger partial charge is 0.267 e. The van der Waals surface area contributed by atoms with E-state index in [0.29, 0.717) is 22.3 Å². The SMILES string of the molecule is CC(C)Nc1cc(C2C=C(C(=O)N[C@H](CO)c3cccc(Cl)c3)NC2)c(Cl)cn1. The maximum absolute atomic E-state index is 12.7. The number of hydrogen-bond acceptors (Lipinski definition) is 5. The van der Waals surface area contributed by atoms with Crippen molar-refractivity contribution in [3.8, 4) is 0 Å². The predicted octanol–water partition coefficient (Wildman–Crippen LogP) is 3.63. The highest BCUT2D eigenvalue weighted by atomic mass is 35.5. The van der Waals surface area contributed by atoms with Crippen LogP contribution in [0.3, 0.4) is 0 Å². The number of halogens is 2. The molecule has 0 radical (unpaired) electrons. The molecule has 8 heteroatoms. The molecule has 6 nitrogen and oxygen atoms in total. The lowest BCUT2D eigenvalue weighted by molar-refractivity contribution is -0.118. The van der Waals surface area contributed by atoms with Crippen molar-refractivity contribution in [3.63, 3.8) is 0 Å². The quantitative estimate of drug-likeness (QED) is 0.534. The number of amides is 1. The van der Waals surface area contributed by atoms with E-state index in [9.17, 15) is 9.90 Å². The molecule has 1 aromatic carbocycles. The van der Waals surface area contributed by atoms with Crippen LogP contribution in [-0.4, -0.2) is 35.2 Å². The van der Waals surface area contributed by atoms with Crippen molar-refractivity contribution < 1.29 is 9.90 Å². The van der Waals surface area contributed by atoms with Crippen LogP contribution in [0.5, 0.6) is 0 Å². The fraction of sp³-hybridized carbons (Fsp3) is 0.333. The van der Waals surface area contributed by atoms with Crippen LogP contribution in [0.4, 0.5) is 5.82 Å². The summed E-state index contributed by atoms with van der Waals surface area (Å²) in [5.41, 5.74) is 2.08.